The Balaban J connectivity index is 2.35. The van der Waals surface area contributed by atoms with E-state index in [9.17, 15) is 13.2 Å². The minimum Gasteiger partial charge on any atom is -0.462 e. The molecular weight excluding hydrogens is 358 g/mol. The number of carbonyl (C=O) groups excluding carboxylic acids is 1. The van der Waals surface area contributed by atoms with E-state index in [1.165, 1.54) is 16.4 Å². The van der Waals surface area contributed by atoms with Crippen LogP contribution in [-0.4, -0.2) is 38.4 Å². The Bertz CT molecular complexity index is 624. The molecule has 1 saturated heterocycles. The number of piperidine rings is 1. The number of sulfonamides is 1. The topological polar surface area (TPSA) is 63.7 Å². The molecule has 1 heterocycles. The van der Waals surface area contributed by atoms with Gasteiger partial charge in [0.1, 0.15) is 0 Å². The van der Waals surface area contributed by atoms with Crippen molar-refractivity contribution in [3.63, 3.8) is 0 Å². The number of nitrogens with zero attached hydrogens (tertiary/aromatic N) is 1. The number of hydrogen-bond donors (Lipinski definition) is 0. The van der Waals surface area contributed by atoms with Gasteiger partial charge in [-0.15, -0.1) is 0 Å². The van der Waals surface area contributed by atoms with Crippen molar-refractivity contribution >= 4 is 31.9 Å². The zero-order valence-electron chi connectivity index (χ0n) is 11.8. The number of hydrogen-bond acceptors (Lipinski definition) is 4. The lowest BCUT2D eigenvalue weighted by Crippen LogP contribution is -2.35. The summed E-state index contributed by atoms with van der Waals surface area (Å²) in [4.78, 5) is 12.0. The Morgan fingerprint density at radius 2 is 1.95 bits per heavy atom. The molecule has 5 nitrogen and oxygen atoms in total. The standard InChI is InChI=1S/C14H18BrNO4S/c1-2-20-14(17)12-10-11(6-7-13(12)15)21(18,19)16-8-4-3-5-9-16/h6-7,10H,2-5,8-9H2,1H3. The first kappa shape index (κ1) is 16.5. The van der Waals surface area contributed by atoms with Gasteiger partial charge in [-0.3, -0.25) is 0 Å². The Kier molecular flexibility index (Phi) is 5.40. The molecule has 0 bridgehead atoms. The molecule has 0 atom stereocenters. The van der Waals surface area contributed by atoms with Crippen molar-refractivity contribution in [1.82, 2.24) is 4.31 Å². The minimum atomic E-state index is -3.55. The van der Waals surface area contributed by atoms with E-state index in [-0.39, 0.29) is 17.1 Å². The number of rotatable bonds is 4. The lowest BCUT2D eigenvalue weighted by Gasteiger charge is -2.26. The summed E-state index contributed by atoms with van der Waals surface area (Å²) in [5, 5.41) is 0. The molecule has 0 aromatic heterocycles. The number of ether oxygens (including phenoxy) is 1. The summed E-state index contributed by atoms with van der Waals surface area (Å²) < 4.78 is 32.1. The van der Waals surface area contributed by atoms with Crippen molar-refractivity contribution < 1.29 is 17.9 Å². The van der Waals surface area contributed by atoms with Crippen molar-refractivity contribution in [2.45, 2.75) is 31.1 Å². The van der Waals surface area contributed by atoms with Crippen molar-refractivity contribution in [3.05, 3.63) is 28.2 Å². The summed E-state index contributed by atoms with van der Waals surface area (Å²) in [5.41, 5.74) is 0.231. The van der Waals surface area contributed by atoms with Crippen molar-refractivity contribution in [3.8, 4) is 0 Å². The lowest BCUT2D eigenvalue weighted by atomic mass is 10.2. The normalized spacial score (nSPS) is 16.7. The summed E-state index contributed by atoms with van der Waals surface area (Å²) in [5.74, 6) is -0.528. The number of halogens is 1. The van der Waals surface area contributed by atoms with Crippen LogP contribution in [0.5, 0.6) is 0 Å². The van der Waals surface area contributed by atoms with Gasteiger partial charge in [0.25, 0.3) is 0 Å². The molecule has 1 fully saturated rings. The molecule has 1 aliphatic rings. The first-order chi connectivity index (χ1) is 9.96. The predicted octanol–water partition coefficient (Wildman–Crippen LogP) is 2.80. The molecule has 1 aliphatic heterocycles. The molecule has 116 valence electrons. The van der Waals surface area contributed by atoms with Gasteiger partial charge in [-0.25, -0.2) is 13.2 Å². The third kappa shape index (κ3) is 3.64. The second-order valence-corrected chi connectivity index (χ2v) is 7.62. The molecule has 0 amide bonds. The van der Waals surface area contributed by atoms with Gasteiger partial charge < -0.3 is 4.74 Å². The van der Waals surface area contributed by atoms with E-state index in [4.69, 9.17) is 4.74 Å². The van der Waals surface area contributed by atoms with Gasteiger partial charge in [0.15, 0.2) is 0 Å². The van der Waals surface area contributed by atoms with Crippen molar-refractivity contribution in [1.29, 1.82) is 0 Å². The van der Waals surface area contributed by atoms with E-state index in [0.717, 1.165) is 19.3 Å². The second-order valence-electron chi connectivity index (χ2n) is 4.83. The molecule has 7 heteroatoms. The average Bonchev–Trinajstić information content (AvgIpc) is 2.48. The van der Waals surface area contributed by atoms with Crippen LogP contribution in [-0.2, 0) is 14.8 Å². The van der Waals surface area contributed by atoms with E-state index in [1.54, 1.807) is 13.0 Å². The smallest absolute Gasteiger partial charge is 0.339 e. The third-order valence-electron chi connectivity index (χ3n) is 3.39. The van der Waals surface area contributed by atoms with Crippen LogP contribution in [0.2, 0.25) is 0 Å². The maximum Gasteiger partial charge on any atom is 0.339 e. The number of benzene rings is 1. The highest BCUT2D eigenvalue weighted by molar-refractivity contribution is 9.10. The first-order valence-corrected chi connectivity index (χ1v) is 9.17. The van der Waals surface area contributed by atoms with Gasteiger partial charge in [0, 0.05) is 17.6 Å². The zero-order chi connectivity index (χ0) is 15.5. The summed E-state index contributed by atoms with van der Waals surface area (Å²) in [7, 11) is -3.55. The molecule has 0 aliphatic carbocycles. The maximum atomic E-state index is 12.6. The first-order valence-electron chi connectivity index (χ1n) is 6.93. The Hall–Kier alpha value is -0.920. The molecule has 21 heavy (non-hydrogen) atoms. The second kappa shape index (κ2) is 6.89. The summed E-state index contributed by atoms with van der Waals surface area (Å²) in [6.45, 7) is 3.02. The minimum absolute atomic E-state index is 0.135. The largest absolute Gasteiger partial charge is 0.462 e. The lowest BCUT2D eigenvalue weighted by molar-refractivity contribution is 0.0525. The zero-order valence-corrected chi connectivity index (χ0v) is 14.2. The summed E-state index contributed by atoms with van der Waals surface area (Å²) in [6, 6.07) is 4.46. The van der Waals surface area contributed by atoms with Crippen LogP contribution >= 0.6 is 15.9 Å². The Labute approximate surface area is 133 Å². The molecule has 1 aromatic rings. The quantitative estimate of drug-likeness (QED) is 0.759. The van der Waals surface area contributed by atoms with E-state index in [1.807, 2.05) is 0 Å². The molecule has 0 radical (unpaired) electrons. The molecular formula is C14H18BrNO4S. The molecule has 0 spiro atoms. The highest BCUT2D eigenvalue weighted by atomic mass is 79.9. The van der Waals surface area contributed by atoms with Gasteiger partial charge in [-0.1, -0.05) is 6.42 Å². The molecule has 2 rings (SSSR count). The maximum absolute atomic E-state index is 12.6. The summed E-state index contributed by atoms with van der Waals surface area (Å²) in [6.07, 6.45) is 2.81. The third-order valence-corrected chi connectivity index (χ3v) is 5.97. The van der Waals surface area contributed by atoms with Crippen LogP contribution in [0, 0.1) is 0 Å². The monoisotopic (exact) mass is 375 g/mol. The van der Waals surface area contributed by atoms with Gasteiger partial charge in [-0.2, -0.15) is 4.31 Å². The van der Waals surface area contributed by atoms with Crippen molar-refractivity contribution in [2.24, 2.45) is 0 Å². The fourth-order valence-electron chi connectivity index (χ4n) is 2.28. The van der Waals surface area contributed by atoms with Crippen LogP contribution in [0.25, 0.3) is 0 Å². The molecule has 0 saturated carbocycles. The van der Waals surface area contributed by atoms with Crippen LogP contribution in [0.3, 0.4) is 0 Å². The Morgan fingerprint density at radius 3 is 2.57 bits per heavy atom. The van der Waals surface area contributed by atoms with Crippen LogP contribution in [0.4, 0.5) is 0 Å². The van der Waals surface area contributed by atoms with E-state index >= 15 is 0 Å². The van der Waals surface area contributed by atoms with E-state index < -0.39 is 16.0 Å². The number of esters is 1. The fraction of sp³-hybridized carbons (Fsp3) is 0.500. The van der Waals surface area contributed by atoms with Crippen LogP contribution < -0.4 is 0 Å². The van der Waals surface area contributed by atoms with E-state index in [0.29, 0.717) is 17.6 Å². The molecule has 0 unspecified atom stereocenters. The number of carbonyl (C=O) groups is 1. The van der Waals surface area contributed by atoms with Gasteiger partial charge in [0.2, 0.25) is 10.0 Å². The SMILES string of the molecule is CCOC(=O)c1cc(S(=O)(=O)N2CCCCC2)ccc1Br. The Morgan fingerprint density at radius 1 is 1.29 bits per heavy atom. The van der Waals surface area contributed by atoms with Gasteiger partial charge in [0.05, 0.1) is 17.1 Å². The van der Waals surface area contributed by atoms with Crippen molar-refractivity contribution in [2.75, 3.05) is 19.7 Å². The molecule has 0 N–H and O–H groups in total. The predicted molar refractivity (Wildman–Crippen MR) is 82.7 cm³/mol. The van der Waals surface area contributed by atoms with Crippen LogP contribution in [0.1, 0.15) is 36.5 Å². The molecule has 1 aromatic carbocycles. The highest BCUT2D eigenvalue weighted by Crippen LogP contribution is 2.25. The van der Waals surface area contributed by atoms with Gasteiger partial charge >= 0.3 is 5.97 Å². The average molecular weight is 376 g/mol. The summed E-state index contributed by atoms with van der Waals surface area (Å²) >= 11 is 3.25. The fourth-order valence-corrected chi connectivity index (χ4v) is 4.24. The van der Waals surface area contributed by atoms with Gasteiger partial charge in [-0.05, 0) is 53.9 Å². The van der Waals surface area contributed by atoms with Crippen LogP contribution in [0.15, 0.2) is 27.6 Å². The van der Waals surface area contributed by atoms with E-state index in [2.05, 4.69) is 15.9 Å². The highest BCUT2D eigenvalue weighted by Gasteiger charge is 2.27.